The van der Waals surface area contributed by atoms with Crippen LogP contribution in [-0.4, -0.2) is 15.3 Å². The van der Waals surface area contributed by atoms with Gasteiger partial charge in [-0.15, -0.1) is 0 Å². The SMILES string of the molecule is O=[N+]([O-])[O-].O=[N+]([O-])[O-].O=[N+]([O-])[O-].[Fe+2].[NH4+]. The van der Waals surface area contributed by atoms with E-state index >= 15 is 0 Å². The molecule has 0 aliphatic carbocycles. The summed E-state index contributed by atoms with van der Waals surface area (Å²) in [6, 6.07) is 0. The summed E-state index contributed by atoms with van der Waals surface area (Å²) in [6.07, 6.45) is 0. The van der Waals surface area contributed by atoms with E-state index < -0.39 is 15.3 Å². The summed E-state index contributed by atoms with van der Waals surface area (Å²) in [5, 5.41) is 44.2. The van der Waals surface area contributed by atoms with Gasteiger partial charge in [0.2, 0.25) is 0 Å². The standard InChI is InChI=1S/Fe.3NO3.H3N/c;3*2-1(3)4;/h;;;;1H3/q+2;3*-1;/p+1. The van der Waals surface area contributed by atoms with Gasteiger partial charge >= 0.3 is 17.1 Å². The second-order valence-corrected chi connectivity index (χ2v) is 0.671. The summed E-state index contributed by atoms with van der Waals surface area (Å²) in [4.78, 5) is 24.8. The van der Waals surface area contributed by atoms with Crippen LogP contribution in [0.25, 0.3) is 0 Å². The molecule has 0 spiro atoms. The van der Waals surface area contributed by atoms with Crippen LogP contribution in [0.1, 0.15) is 0 Å². The maximum absolute atomic E-state index is 8.25. The second-order valence-electron chi connectivity index (χ2n) is 0.671. The zero-order valence-electron chi connectivity index (χ0n) is 6.37. The van der Waals surface area contributed by atoms with Crippen LogP contribution in [0.2, 0.25) is 0 Å². The molecule has 0 rings (SSSR count). The molecule has 13 nitrogen and oxygen atoms in total. The molecular weight excluding hydrogens is 256 g/mol. The quantitative estimate of drug-likeness (QED) is 0.339. The van der Waals surface area contributed by atoms with Crippen molar-refractivity contribution >= 4 is 0 Å². The molecule has 86 valence electrons. The molecule has 4 N–H and O–H groups in total. The molecule has 0 atom stereocenters. The molecule has 0 aromatic rings. The summed E-state index contributed by atoms with van der Waals surface area (Å²) in [5.74, 6) is 0. The molecule has 14 heteroatoms. The minimum atomic E-state index is -1.75. The zero-order chi connectivity index (χ0) is 10.7. The third-order valence-corrected chi connectivity index (χ3v) is 0. The van der Waals surface area contributed by atoms with Crippen molar-refractivity contribution in [1.82, 2.24) is 6.15 Å². The Bertz CT molecular complexity index is 114. The van der Waals surface area contributed by atoms with E-state index in [0.29, 0.717) is 0 Å². The molecule has 0 heterocycles. The Morgan fingerprint density at radius 3 is 0.571 bits per heavy atom. The molecule has 0 amide bonds. The fourth-order valence-electron chi connectivity index (χ4n) is 0. The Hall–Kier alpha value is -1.92. The van der Waals surface area contributed by atoms with Crippen molar-refractivity contribution in [2.24, 2.45) is 0 Å². The Balaban J connectivity index is -0.0000000270. The fourth-order valence-corrected chi connectivity index (χ4v) is 0. The van der Waals surface area contributed by atoms with Gasteiger partial charge in [0.15, 0.2) is 0 Å². The van der Waals surface area contributed by atoms with Crippen molar-refractivity contribution in [2.75, 3.05) is 0 Å². The van der Waals surface area contributed by atoms with Crippen LogP contribution < -0.4 is 6.15 Å². The van der Waals surface area contributed by atoms with Gasteiger partial charge in [-0.2, -0.15) is 0 Å². The van der Waals surface area contributed by atoms with E-state index in [9.17, 15) is 0 Å². The third-order valence-electron chi connectivity index (χ3n) is 0. The first kappa shape index (κ1) is 29.6. The van der Waals surface area contributed by atoms with Crippen molar-refractivity contribution in [3.8, 4) is 0 Å². The predicted molar refractivity (Wildman–Crippen MR) is 37.1 cm³/mol. The van der Waals surface area contributed by atoms with E-state index in [-0.39, 0.29) is 23.2 Å². The Kier molecular flexibility index (Phi) is 47.5. The van der Waals surface area contributed by atoms with Gasteiger partial charge in [0.25, 0.3) is 0 Å². The number of hydrogen-bond acceptors (Lipinski definition) is 9. The average molecular weight is 260 g/mol. The molecule has 14 heavy (non-hydrogen) atoms. The van der Waals surface area contributed by atoms with Gasteiger partial charge in [0.05, 0.1) is 15.3 Å². The van der Waals surface area contributed by atoms with E-state index in [1.165, 1.54) is 0 Å². The largest absolute Gasteiger partial charge is 2.00 e. The molecule has 0 fully saturated rings. The Labute approximate surface area is 85.3 Å². The molecule has 0 saturated heterocycles. The van der Waals surface area contributed by atoms with Crippen LogP contribution in [0.15, 0.2) is 0 Å². The van der Waals surface area contributed by atoms with Gasteiger partial charge < -0.3 is 52.1 Å². The minimum Gasteiger partial charge on any atom is -0.369 e. The van der Waals surface area contributed by atoms with Crippen molar-refractivity contribution in [1.29, 1.82) is 0 Å². The predicted octanol–water partition coefficient (Wildman–Crippen LogP) is -0.344. The molecule has 0 aromatic heterocycles. The summed E-state index contributed by atoms with van der Waals surface area (Å²) in [7, 11) is 0. The van der Waals surface area contributed by atoms with Crippen LogP contribution in [-0.2, 0) is 17.1 Å². The third kappa shape index (κ3) is 225. The number of hydrogen-bond donors (Lipinski definition) is 1. The molecule has 0 unspecified atom stereocenters. The van der Waals surface area contributed by atoms with Crippen molar-refractivity contribution in [3.05, 3.63) is 46.0 Å². The van der Waals surface area contributed by atoms with E-state index in [1.807, 2.05) is 0 Å². The van der Waals surface area contributed by atoms with Gasteiger partial charge in [-0.3, -0.25) is 0 Å². The van der Waals surface area contributed by atoms with Crippen LogP contribution in [0.3, 0.4) is 0 Å². The maximum atomic E-state index is 8.25. The molecule has 0 bridgehead atoms. The van der Waals surface area contributed by atoms with Crippen LogP contribution >= 0.6 is 0 Å². The Morgan fingerprint density at radius 1 is 0.571 bits per heavy atom. The van der Waals surface area contributed by atoms with Crippen molar-refractivity contribution in [3.63, 3.8) is 0 Å². The summed E-state index contributed by atoms with van der Waals surface area (Å²) >= 11 is 0. The normalized spacial score (nSPS) is 5.14. The Morgan fingerprint density at radius 2 is 0.571 bits per heavy atom. The summed E-state index contributed by atoms with van der Waals surface area (Å²) in [6.45, 7) is 0. The second kappa shape index (κ2) is 22.5. The van der Waals surface area contributed by atoms with E-state index in [4.69, 9.17) is 46.0 Å². The van der Waals surface area contributed by atoms with Gasteiger partial charge in [-0.1, -0.05) is 0 Å². The summed E-state index contributed by atoms with van der Waals surface area (Å²) in [5.41, 5.74) is 0. The number of quaternary nitrogens is 1. The van der Waals surface area contributed by atoms with Crippen molar-refractivity contribution in [2.45, 2.75) is 0 Å². The van der Waals surface area contributed by atoms with Crippen LogP contribution in [0.5, 0.6) is 0 Å². The molecule has 0 aliphatic heterocycles. The van der Waals surface area contributed by atoms with Crippen molar-refractivity contribution < 1.29 is 32.3 Å². The first-order chi connectivity index (χ1) is 5.20. The maximum Gasteiger partial charge on any atom is 2.00 e. The van der Waals surface area contributed by atoms with Gasteiger partial charge in [0.1, 0.15) is 0 Å². The van der Waals surface area contributed by atoms with E-state index in [1.54, 1.807) is 0 Å². The average Bonchev–Trinajstić information content (AvgIpc) is 1.54. The smallest absolute Gasteiger partial charge is 0.369 e. The monoisotopic (exact) mass is 260 g/mol. The van der Waals surface area contributed by atoms with Crippen LogP contribution in [0.4, 0.5) is 0 Å². The first-order valence-electron chi connectivity index (χ1n) is 1.64. The molecule has 0 aromatic carbocycles. The molecule has 0 aliphatic rings. The zero-order valence-corrected chi connectivity index (χ0v) is 7.47. The van der Waals surface area contributed by atoms with Gasteiger partial charge in [-0.05, 0) is 0 Å². The van der Waals surface area contributed by atoms with E-state index in [0.717, 1.165) is 0 Å². The van der Waals surface area contributed by atoms with Gasteiger partial charge in [0, 0.05) is 0 Å². The summed E-state index contributed by atoms with van der Waals surface area (Å²) < 4.78 is 0. The van der Waals surface area contributed by atoms with E-state index in [2.05, 4.69) is 0 Å². The molecular formula is H4FeN4O9. The number of nitrogens with zero attached hydrogens (tertiary/aromatic N) is 3. The minimum absolute atomic E-state index is 0. The topological polar surface area (TPSA) is 235 Å². The number of rotatable bonds is 0. The van der Waals surface area contributed by atoms with Crippen LogP contribution in [0, 0.1) is 46.0 Å². The first-order valence-corrected chi connectivity index (χ1v) is 1.64. The molecule has 0 radical (unpaired) electrons. The fraction of sp³-hybridized carbons (Fsp3) is 0. The van der Waals surface area contributed by atoms with Gasteiger partial charge in [-0.25, -0.2) is 0 Å². The molecule has 0 saturated carbocycles.